The van der Waals surface area contributed by atoms with E-state index >= 15 is 0 Å². The van der Waals surface area contributed by atoms with E-state index in [9.17, 15) is 4.79 Å². The molecule has 2 N–H and O–H groups in total. The number of likely N-dealkylation sites (N-methyl/N-ethyl adjacent to an activating group) is 1. The van der Waals surface area contributed by atoms with Gasteiger partial charge in [0.15, 0.2) is 5.96 Å². The molecule has 19 heavy (non-hydrogen) atoms. The van der Waals surface area contributed by atoms with Crippen molar-refractivity contribution in [2.24, 2.45) is 4.99 Å². The number of carbonyl (C=O) groups excluding carboxylic acids is 1. The van der Waals surface area contributed by atoms with Crippen molar-refractivity contribution < 1.29 is 9.53 Å². The molecule has 7 heteroatoms. The van der Waals surface area contributed by atoms with Crippen LogP contribution in [-0.4, -0.2) is 63.7 Å². The maximum absolute atomic E-state index is 11.5. The number of rotatable bonds is 7. The smallest absolute Gasteiger partial charge is 0.243 e. The fraction of sp³-hybridized carbons (Fsp3) is 0.833. The summed E-state index contributed by atoms with van der Waals surface area (Å²) in [5.41, 5.74) is 0. The van der Waals surface area contributed by atoms with Crippen LogP contribution in [-0.2, 0) is 9.53 Å². The number of hydrogen-bond donors (Lipinski definition) is 2. The monoisotopic (exact) mass is 386 g/mol. The SMILES string of the molecule is CCC(C)NC(=NCC(=O)N(C)C)NCCOC.I. The molecule has 1 unspecified atom stereocenters. The van der Waals surface area contributed by atoms with Crippen LogP contribution in [0.1, 0.15) is 20.3 Å². The van der Waals surface area contributed by atoms with Gasteiger partial charge in [-0.2, -0.15) is 0 Å². The van der Waals surface area contributed by atoms with Crippen molar-refractivity contribution >= 4 is 35.8 Å². The minimum Gasteiger partial charge on any atom is -0.383 e. The highest BCUT2D eigenvalue weighted by molar-refractivity contribution is 14.0. The Kier molecular flexibility index (Phi) is 13.6. The summed E-state index contributed by atoms with van der Waals surface area (Å²) in [4.78, 5) is 17.3. The van der Waals surface area contributed by atoms with Crippen molar-refractivity contribution in [2.75, 3.05) is 40.9 Å². The number of carbonyl (C=O) groups is 1. The van der Waals surface area contributed by atoms with E-state index in [1.54, 1.807) is 21.2 Å². The molecule has 0 aromatic rings. The van der Waals surface area contributed by atoms with E-state index in [0.717, 1.165) is 6.42 Å². The first-order valence-electron chi connectivity index (χ1n) is 6.25. The Morgan fingerprint density at radius 2 is 2.05 bits per heavy atom. The van der Waals surface area contributed by atoms with Gasteiger partial charge in [0.25, 0.3) is 0 Å². The van der Waals surface area contributed by atoms with Gasteiger partial charge in [-0.3, -0.25) is 4.79 Å². The van der Waals surface area contributed by atoms with Crippen LogP contribution in [0.4, 0.5) is 0 Å². The second-order valence-corrected chi connectivity index (χ2v) is 4.33. The second-order valence-electron chi connectivity index (χ2n) is 4.33. The summed E-state index contributed by atoms with van der Waals surface area (Å²) in [7, 11) is 5.09. The molecular formula is C12H27IN4O2. The lowest BCUT2D eigenvalue weighted by atomic mass is 10.3. The zero-order valence-electron chi connectivity index (χ0n) is 12.5. The standard InChI is InChI=1S/C12H26N4O2.HI/c1-6-10(2)15-12(13-7-8-18-5)14-9-11(17)16(3)4;/h10H,6-9H2,1-5H3,(H2,13,14,15);1H. The lowest BCUT2D eigenvalue weighted by molar-refractivity contribution is -0.127. The number of nitrogens with zero attached hydrogens (tertiary/aromatic N) is 2. The van der Waals surface area contributed by atoms with E-state index in [1.165, 1.54) is 4.90 Å². The number of aliphatic imine (C=N–C) groups is 1. The first kappa shape index (κ1) is 20.7. The van der Waals surface area contributed by atoms with Crippen molar-refractivity contribution in [2.45, 2.75) is 26.3 Å². The molecule has 1 atom stereocenters. The average molecular weight is 386 g/mol. The second kappa shape index (κ2) is 12.5. The highest BCUT2D eigenvalue weighted by atomic mass is 127. The van der Waals surface area contributed by atoms with Crippen LogP contribution in [0.3, 0.4) is 0 Å². The van der Waals surface area contributed by atoms with E-state index < -0.39 is 0 Å². The van der Waals surface area contributed by atoms with Gasteiger partial charge >= 0.3 is 0 Å². The quantitative estimate of drug-likeness (QED) is 0.292. The summed E-state index contributed by atoms with van der Waals surface area (Å²) in [5, 5.41) is 6.36. The summed E-state index contributed by atoms with van der Waals surface area (Å²) < 4.78 is 4.97. The predicted molar refractivity (Wildman–Crippen MR) is 89.2 cm³/mol. The number of ether oxygens (including phenoxy) is 1. The Labute approximate surface area is 133 Å². The maximum Gasteiger partial charge on any atom is 0.243 e. The van der Waals surface area contributed by atoms with E-state index in [1.807, 2.05) is 0 Å². The van der Waals surface area contributed by atoms with Crippen molar-refractivity contribution in [1.82, 2.24) is 15.5 Å². The molecular weight excluding hydrogens is 359 g/mol. The molecule has 0 aromatic heterocycles. The van der Waals surface area contributed by atoms with Crippen molar-refractivity contribution in [3.8, 4) is 0 Å². The predicted octanol–water partition coefficient (Wildman–Crippen LogP) is 0.673. The van der Waals surface area contributed by atoms with Crippen molar-refractivity contribution in [3.63, 3.8) is 0 Å². The number of methoxy groups -OCH3 is 1. The number of guanidine groups is 1. The Hall–Kier alpha value is -0.570. The van der Waals surface area contributed by atoms with Crippen molar-refractivity contribution in [3.05, 3.63) is 0 Å². The van der Waals surface area contributed by atoms with Crippen LogP contribution < -0.4 is 10.6 Å². The fourth-order valence-electron chi connectivity index (χ4n) is 1.05. The largest absolute Gasteiger partial charge is 0.383 e. The van der Waals surface area contributed by atoms with Crippen LogP contribution >= 0.6 is 24.0 Å². The zero-order valence-corrected chi connectivity index (χ0v) is 14.9. The summed E-state index contributed by atoms with van der Waals surface area (Å²) in [6.07, 6.45) is 0.993. The lowest BCUT2D eigenvalue weighted by Crippen LogP contribution is -2.43. The highest BCUT2D eigenvalue weighted by Crippen LogP contribution is 1.88. The molecule has 0 saturated carbocycles. The minimum absolute atomic E-state index is 0. The molecule has 114 valence electrons. The molecule has 0 fully saturated rings. The third-order valence-corrected chi connectivity index (χ3v) is 2.47. The van der Waals surface area contributed by atoms with Crippen LogP contribution in [0.25, 0.3) is 0 Å². The molecule has 0 rings (SSSR count). The van der Waals surface area contributed by atoms with Crippen LogP contribution in [0.2, 0.25) is 0 Å². The van der Waals surface area contributed by atoms with Gasteiger partial charge in [0.2, 0.25) is 5.91 Å². The molecule has 0 aliphatic rings. The van der Waals surface area contributed by atoms with Gasteiger partial charge in [-0.25, -0.2) is 4.99 Å². The first-order valence-corrected chi connectivity index (χ1v) is 6.25. The molecule has 6 nitrogen and oxygen atoms in total. The number of amides is 1. The summed E-state index contributed by atoms with van der Waals surface area (Å²) >= 11 is 0. The van der Waals surface area contributed by atoms with Crippen molar-refractivity contribution in [1.29, 1.82) is 0 Å². The molecule has 0 radical (unpaired) electrons. The van der Waals surface area contributed by atoms with E-state index in [0.29, 0.717) is 25.2 Å². The van der Waals surface area contributed by atoms with Gasteiger partial charge in [0.05, 0.1) is 6.61 Å². The van der Waals surface area contributed by atoms with E-state index in [4.69, 9.17) is 4.74 Å². The van der Waals surface area contributed by atoms with Crippen LogP contribution in [0.15, 0.2) is 4.99 Å². The lowest BCUT2D eigenvalue weighted by Gasteiger charge is -2.17. The Bertz CT molecular complexity index is 272. The molecule has 0 aliphatic heterocycles. The fourth-order valence-corrected chi connectivity index (χ4v) is 1.05. The molecule has 0 saturated heterocycles. The first-order chi connectivity index (χ1) is 8.51. The molecule has 0 heterocycles. The summed E-state index contributed by atoms with van der Waals surface area (Å²) in [5.74, 6) is 0.628. The van der Waals surface area contributed by atoms with Crippen LogP contribution in [0, 0.1) is 0 Å². The van der Waals surface area contributed by atoms with Gasteiger partial charge in [0, 0.05) is 33.8 Å². The molecule has 0 aromatic carbocycles. The number of nitrogens with one attached hydrogen (secondary N) is 2. The summed E-state index contributed by atoms with van der Waals surface area (Å²) in [6.45, 7) is 5.57. The number of hydrogen-bond acceptors (Lipinski definition) is 3. The summed E-state index contributed by atoms with van der Waals surface area (Å²) in [6, 6.07) is 0.313. The van der Waals surface area contributed by atoms with Crippen LogP contribution in [0.5, 0.6) is 0 Å². The number of halogens is 1. The normalized spacial score (nSPS) is 12.4. The molecule has 0 bridgehead atoms. The third-order valence-electron chi connectivity index (χ3n) is 2.47. The van der Waals surface area contributed by atoms with Gasteiger partial charge in [0.1, 0.15) is 6.54 Å². The Morgan fingerprint density at radius 1 is 1.42 bits per heavy atom. The maximum atomic E-state index is 11.5. The highest BCUT2D eigenvalue weighted by Gasteiger charge is 2.06. The minimum atomic E-state index is -0.0213. The molecule has 1 amide bonds. The molecule has 0 spiro atoms. The van der Waals surface area contributed by atoms with Gasteiger partial charge in [-0.15, -0.1) is 24.0 Å². The Morgan fingerprint density at radius 3 is 2.53 bits per heavy atom. The molecule has 0 aliphatic carbocycles. The van der Waals surface area contributed by atoms with Gasteiger partial charge in [-0.05, 0) is 13.3 Å². The van der Waals surface area contributed by atoms with Gasteiger partial charge in [-0.1, -0.05) is 6.92 Å². The zero-order chi connectivity index (χ0) is 14.0. The van der Waals surface area contributed by atoms with E-state index in [2.05, 4.69) is 29.5 Å². The third kappa shape index (κ3) is 11.0. The van der Waals surface area contributed by atoms with E-state index in [-0.39, 0.29) is 36.4 Å². The van der Waals surface area contributed by atoms with Gasteiger partial charge < -0.3 is 20.3 Å². The average Bonchev–Trinajstić information content (AvgIpc) is 2.35. The Balaban J connectivity index is 0. The topological polar surface area (TPSA) is 66.0 Å².